The normalized spacial score (nSPS) is 18.1. The first-order valence-corrected chi connectivity index (χ1v) is 12.2. The number of amides is 1. The highest BCUT2D eigenvalue weighted by Gasteiger charge is 2.30. The second-order valence-corrected chi connectivity index (χ2v) is 10.3. The average Bonchev–Trinajstić information content (AvgIpc) is 3.46. The van der Waals surface area contributed by atoms with Crippen LogP contribution in [-0.2, 0) is 12.8 Å². The van der Waals surface area contributed by atoms with E-state index < -0.39 is 12.3 Å². The molecule has 1 saturated carbocycles. The Balaban J connectivity index is 1.42. The van der Waals surface area contributed by atoms with Crippen LogP contribution in [0.25, 0.3) is 15.9 Å². The highest BCUT2D eigenvalue weighted by Crippen LogP contribution is 2.40. The van der Waals surface area contributed by atoms with E-state index in [-0.39, 0.29) is 28.4 Å². The molecule has 2 aliphatic rings. The first-order valence-electron chi connectivity index (χ1n) is 11.3. The molecule has 0 aromatic carbocycles. The maximum atomic E-state index is 13.7. The van der Waals surface area contributed by atoms with Crippen molar-refractivity contribution < 1.29 is 13.6 Å². The highest BCUT2D eigenvalue weighted by molar-refractivity contribution is 7.18. The molecule has 4 aromatic heterocycles. The molecule has 1 unspecified atom stereocenters. The van der Waals surface area contributed by atoms with E-state index in [0.717, 1.165) is 46.9 Å². The molecule has 1 amide bonds. The van der Waals surface area contributed by atoms with Gasteiger partial charge >= 0.3 is 0 Å². The van der Waals surface area contributed by atoms with Crippen molar-refractivity contribution in [3.63, 3.8) is 0 Å². The molecule has 6 rings (SSSR count). The van der Waals surface area contributed by atoms with Gasteiger partial charge in [0.25, 0.3) is 17.9 Å². The zero-order valence-corrected chi connectivity index (χ0v) is 19.5. The third-order valence-corrected chi connectivity index (χ3v) is 7.84. The molecule has 8 nitrogen and oxygen atoms in total. The molecule has 0 saturated heterocycles. The van der Waals surface area contributed by atoms with Gasteiger partial charge in [0.1, 0.15) is 21.9 Å². The quantitative estimate of drug-likeness (QED) is 0.470. The second kappa shape index (κ2) is 7.66. The van der Waals surface area contributed by atoms with Crippen LogP contribution in [0.4, 0.5) is 8.78 Å². The third kappa shape index (κ3) is 3.32. The Labute approximate surface area is 196 Å². The number of fused-ring (bicyclic) bond motifs is 4. The lowest BCUT2D eigenvalue weighted by atomic mass is 9.89. The minimum Gasteiger partial charge on any atom is -0.267 e. The number of thiophene rings is 1. The van der Waals surface area contributed by atoms with Crippen LogP contribution in [0.3, 0.4) is 0 Å². The van der Waals surface area contributed by atoms with Crippen LogP contribution in [0, 0.1) is 12.8 Å². The van der Waals surface area contributed by atoms with Crippen LogP contribution in [0.2, 0.25) is 0 Å². The van der Waals surface area contributed by atoms with Gasteiger partial charge in [-0.1, -0.05) is 6.92 Å². The predicted molar refractivity (Wildman–Crippen MR) is 123 cm³/mol. The smallest absolute Gasteiger partial charge is 0.267 e. The van der Waals surface area contributed by atoms with Gasteiger partial charge in [0.15, 0.2) is 5.65 Å². The van der Waals surface area contributed by atoms with Crippen LogP contribution in [0.5, 0.6) is 0 Å². The molecule has 0 bridgehead atoms. The lowest BCUT2D eigenvalue weighted by Gasteiger charge is -2.17. The summed E-state index contributed by atoms with van der Waals surface area (Å²) < 4.78 is 29.5. The summed E-state index contributed by atoms with van der Waals surface area (Å²) in [7, 11) is 0. The number of aryl methyl sites for hydroxylation is 2. The Bertz CT molecular complexity index is 1530. The molecule has 2 aliphatic carbocycles. The molecule has 176 valence electrons. The van der Waals surface area contributed by atoms with Gasteiger partial charge in [-0.15, -0.1) is 11.3 Å². The maximum Gasteiger partial charge on any atom is 0.281 e. The summed E-state index contributed by atoms with van der Waals surface area (Å²) in [6, 6.07) is 1.36. The standard InChI is InChI=1S/C23H22F2N6O2S/c1-10-3-6-13-17(7-10)34-22-18(13)23(33)30(11(2)27-22)29-21(32)14-9-26-31-16(19(24)25)8-15(12-4-5-12)28-20(14)31/h8-10,12,19H,3-7H2,1-2H3,(H,29,32). The molecular formula is C23H22F2N6O2S. The zero-order valence-electron chi connectivity index (χ0n) is 18.6. The number of nitrogens with one attached hydrogen (secondary N) is 1. The van der Waals surface area contributed by atoms with E-state index in [1.165, 1.54) is 17.1 Å². The predicted octanol–water partition coefficient (Wildman–Crippen LogP) is 4.13. The number of halogens is 2. The zero-order chi connectivity index (χ0) is 23.7. The summed E-state index contributed by atoms with van der Waals surface area (Å²) in [6.07, 6.45) is 2.94. The first kappa shape index (κ1) is 21.3. The summed E-state index contributed by atoms with van der Waals surface area (Å²) >= 11 is 1.54. The Hall–Kier alpha value is -3.21. The third-order valence-electron chi connectivity index (χ3n) is 6.69. The van der Waals surface area contributed by atoms with E-state index in [0.29, 0.717) is 27.7 Å². The van der Waals surface area contributed by atoms with Crippen LogP contribution in [-0.4, -0.2) is 30.2 Å². The van der Waals surface area contributed by atoms with Crippen molar-refractivity contribution in [1.29, 1.82) is 0 Å². The van der Waals surface area contributed by atoms with Crippen molar-refractivity contribution in [2.45, 2.75) is 58.3 Å². The van der Waals surface area contributed by atoms with Gasteiger partial charge in [0.05, 0.1) is 11.6 Å². The number of hydrogen-bond acceptors (Lipinski definition) is 6. The molecule has 1 fully saturated rings. The van der Waals surface area contributed by atoms with Crippen molar-refractivity contribution in [1.82, 2.24) is 24.3 Å². The van der Waals surface area contributed by atoms with E-state index in [4.69, 9.17) is 0 Å². The lowest BCUT2D eigenvalue weighted by molar-refractivity contribution is 0.101. The van der Waals surface area contributed by atoms with E-state index >= 15 is 0 Å². The fourth-order valence-electron chi connectivity index (χ4n) is 4.69. The van der Waals surface area contributed by atoms with Crippen molar-refractivity contribution in [2.75, 3.05) is 5.43 Å². The first-order chi connectivity index (χ1) is 16.3. The van der Waals surface area contributed by atoms with Gasteiger partial charge in [-0.05, 0) is 56.6 Å². The van der Waals surface area contributed by atoms with Crippen molar-refractivity contribution >= 4 is 33.1 Å². The molecule has 4 aromatic rings. The van der Waals surface area contributed by atoms with Gasteiger partial charge in [-0.2, -0.15) is 5.10 Å². The Morgan fingerprint density at radius 1 is 1.26 bits per heavy atom. The second-order valence-electron chi connectivity index (χ2n) is 9.25. The van der Waals surface area contributed by atoms with Gasteiger partial charge in [-0.3, -0.25) is 15.0 Å². The summed E-state index contributed by atoms with van der Waals surface area (Å²) in [5.74, 6) is 0.372. The summed E-state index contributed by atoms with van der Waals surface area (Å²) in [5, 5.41) is 4.53. The average molecular weight is 485 g/mol. The number of rotatable bonds is 4. The van der Waals surface area contributed by atoms with Gasteiger partial charge < -0.3 is 0 Å². The fourth-order valence-corrected chi connectivity index (χ4v) is 6.11. The fraction of sp³-hybridized carbons (Fsp3) is 0.435. The Morgan fingerprint density at radius 2 is 2.06 bits per heavy atom. The number of carbonyl (C=O) groups is 1. The van der Waals surface area contributed by atoms with E-state index in [9.17, 15) is 18.4 Å². The molecule has 1 N–H and O–H groups in total. The number of aromatic nitrogens is 5. The number of carbonyl (C=O) groups excluding carboxylic acids is 1. The Kier molecular flexibility index (Phi) is 4.80. The maximum absolute atomic E-state index is 13.7. The molecule has 1 atom stereocenters. The number of hydrogen-bond donors (Lipinski definition) is 1. The molecule has 0 aliphatic heterocycles. The molecule has 0 radical (unpaired) electrons. The Morgan fingerprint density at radius 3 is 2.79 bits per heavy atom. The summed E-state index contributed by atoms with van der Waals surface area (Å²) in [4.78, 5) is 37.5. The highest BCUT2D eigenvalue weighted by atomic mass is 32.1. The molecule has 4 heterocycles. The number of alkyl halides is 2. The molecule has 34 heavy (non-hydrogen) atoms. The SMILES string of the molecule is Cc1nc2sc3c(c2c(=O)n1NC(=O)c1cnn2c(C(F)F)cc(C4CC4)nc12)CCC(C)C3. The van der Waals surface area contributed by atoms with E-state index in [2.05, 4.69) is 27.4 Å². The topological polar surface area (TPSA) is 94.2 Å². The largest absolute Gasteiger partial charge is 0.281 e. The minimum atomic E-state index is -2.76. The summed E-state index contributed by atoms with van der Waals surface area (Å²) in [5.41, 5.74) is 3.61. The summed E-state index contributed by atoms with van der Waals surface area (Å²) in [6.45, 7) is 3.85. The minimum absolute atomic E-state index is 0.0250. The van der Waals surface area contributed by atoms with E-state index in [1.807, 2.05) is 0 Å². The molecular weight excluding hydrogens is 462 g/mol. The van der Waals surface area contributed by atoms with E-state index in [1.54, 1.807) is 18.3 Å². The van der Waals surface area contributed by atoms with Crippen LogP contribution in [0.1, 0.15) is 76.5 Å². The van der Waals surface area contributed by atoms with Gasteiger partial charge in [0.2, 0.25) is 0 Å². The lowest BCUT2D eigenvalue weighted by Crippen LogP contribution is -2.35. The van der Waals surface area contributed by atoms with Crippen molar-refractivity contribution in [3.8, 4) is 0 Å². The van der Waals surface area contributed by atoms with Gasteiger partial charge in [-0.25, -0.2) is 27.9 Å². The van der Waals surface area contributed by atoms with Crippen LogP contribution in [0.15, 0.2) is 17.1 Å². The van der Waals surface area contributed by atoms with Crippen LogP contribution < -0.4 is 11.0 Å². The molecule has 11 heteroatoms. The van der Waals surface area contributed by atoms with Crippen molar-refractivity contribution in [2.24, 2.45) is 5.92 Å². The molecule has 0 spiro atoms. The van der Waals surface area contributed by atoms with Gasteiger partial charge in [0, 0.05) is 16.5 Å². The monoisotopic (exact) mass is 484 g/mol. The van der Waals surface area contributed by atoms with Crippen LogP contribution >= 0.6 is 11.3 Å². The van der Waals surface area contributed by atoms with Crippen molar-refractivity contribution in [3.05, 3.63) is 55.8 Å². The number of nitrogens with zero attached hydrogens (tertiary/aromatic N) is 5.